The van der Waals surface area contributed by atoms with E-state index in [0.717, 1.165) is 24.0 Å². The molecule has 0 bridgehead atoms. The number of aliphatic hydroxyl groups excluding tert-OH is 1. The van der Waals surface area contributed by atoms with Gasteiger partial charge in [-0.05, 0) is 36.1 Å². The number of aliphatic hydroxyl groups is 1. The summed E-state index contributed by atoms with van der Waals surface area (Å²) >= 11 is 0. The van der Waals surface area contributed by atoms with Gasteiger partial charge in [-0.3, -0.25) is 4.79 Å². The molecule has 2 aromatic carbocycles. The summed E-state index contributed by atoms with van der Waals surface area (Å²) in [6.45, 7) is 3.22. The van der Waals surface area contributed by atoms with Crippen molar-refractivity contribution in [3.8, 4) is 11.1 Å². The van der Waals surface area contributed by atoms with E-state index in [4.69, 9.17) is 4.74 Å². The van der Waals surface area contributed by atoms with Crippen LogP contribution in [0, 0.1) is 0 Å². The zero-order chi connectivity index (χ0) is 23.9. The smallest absolute Gasteiger partial charge is 0.320 e. The van der Waals surface area contributed by atoms with Crippen LogP contribution in [0.4, 0.5) is 4.79 Å². The number of amides is 3. The van der Waals surface area contributed by atoms with Gasteiger partial charge in [-0.25, -0.2) is 4.79 Å². The molecule has 34 heavy (non-hydrogen) atoms. The van der Waals surface area contributed by atoms with E-state index < -0.39 is 6.10 Å². The lowest BCUT2D eigenvalue weighted by Gasteiger charge is -2.25. The number of urea groups is 1. The van der Waals surface area contributed by atoms with Gasteiger partial charge in [0, 0.05) is 57.5 Å². The molecular formula is C26H34N4O4. The Morgan fingerprint density at radius 3 is 2.26 bits per heavy atom. The quantitative estimate of drug-likeness (QED) is 0.553. The van der Waals surface area contributed by atoms with E-state index in [1.54, 1.807) is 7.11 Å². The van der Waals surface area contributed by atoms with Crippen LogP contribution in [0.2, 0.25) is 0 Å². The molecule has 4 rings (SSSR count). The number of nitrogens with zero attached hydrogens (tertiary/aromatic N) is 2. The number of ether oxygens (including phenoxy) is 1. The average molecular weight is 467 g/mol. The van der Waals surface area contributed by atoms with Crippen molar-refractivity contribution in [2.75, 3.05) is 46.4 Å². The van der Waals surface area contributed by atoms with Crippen LogP contribution in [0.25, 0.3) is 11.1 Å². The van der Waals surface area contributed by atoms with Crippen molar-refractivity contribution in [1.82, 2.24) is 20.4 Å². The maximum absolute atomic E-state index is 12.9. The third-order valence-corrected chi connectivity index (χ3v) is 6.51. The van der Waals surface area contributed by atoms with Crippen LogP contribution in [0.1, 0.15) is 23.2 Å². The van der Waals surface area contributed by atoms with Gasteiger partial charge < -0.3 is 30.3 Å². The van der Waals surface area contributed by atoms with Crippen LogP contribution >= 0.6 is 0 Å². The first-order chi connectivity index (χ1) is 16.5. The third-order valence-electron chi connectivity index (χ3n) is 6.51. The Morgan fingerprint density at radius 2 is 1.59 bits per heavy atom. The maximum Gasteiger partial charge on any atom is 0.320 e. The normalized spacial score (nSPS) is 21.0. The van der Waals surface area contributed by atoms with Gasteiger partial charge in [-0.1, -0.05) is 42.5 Å². The van der Waals surface area contributed by atoms with Crippen LogP contribution in [0.15, 0.2) is 54.6 Å². The van der Waals surface area contributed by atoms with Crippen LogP contribution in [0.3, 0.4) is 0 Å². The predicted molar refractivity (Wildman–Crippen MR) is 131 cm³/mol. The Balaban J connectivity index is 1.23. The van der Waals surface area contributed by atoms with Gasteiger partial charge in [-0.15, -0.1) is 0 Å². The monoisotopic (exact) mass is 466 g/mol. The molecule has 3 atom stereocenters. The SMILES string of the molecule is COCC(O)CNC1CCN(C(=O)N2CC[C@H](NC(=O)c3ccc(-c4ccccc4)cc3)C2)C1. The minimum atomic E-state index is -0.549. The number of methoxy groups -OCH3 is 1. The fraction of sp³-hybridized carbons (Fsp3) is 0.462. The highest BCUT2D eigenvalue weighted by Crippen LogP contribution is 2.20. The van der Waals surface area contributed by atoms with Gasteiger partial charge in [0.1, 0.15) is 0 Å². The summed E-state index contributed by atoms with van der Waals surface area (Å²) in [4.78, 5) is 29.4. The van der Waals surface area contributed by atoms with Crippen molar-refractivity contribution in [2.24, 2.45) is 0 Å². The number of nitrogens with one attached hydrogen (secondary N) is 2. The predicted octanol–water partition coefficient (Wildman–Crippen LogP) is 1.95. The molecule has 0 aromatic heterocycles. The zero-order valence-corrected chi connectivity index (χ0v) is 19.7. The molecule has 2 aromatic rings. The second-order valence-electron chi connectivity index (χ2n) is 9.08. The van der Waals surface area contributed by atoms with Crippen molar-refractivity contribution >= 4 is 11.9 Å². The van der Waals surface area contributed by atoms with E-state index in [1.807, 2.05) is 64.4 Å². The fourth-order valence-corrected chi connectivity index (χ4v) is 4.62. The Labute approximate surface area is 200 Å². The number of likely N-dealkylation sites (tertiary alicyclic amines) is 2. The van der Waals surface area contributed by atoms with Gasteiger partial charge in [0.05, 0.1) is 12.7 Å². The minimum Gasteiger partial charge on any atom is -0.389 e. The van der Waals surface area contributed by atoms with Crippen LogP contribution in [-0.4, -0.2) is 91.5 Å². The van der Waals surface area contributed by atoms with Gasteiger partial charge in [0.2, 0.25) is 0 Å². The molecule has 2 heterocycles. The molecule has 0 radical (unpaired) electrons. The summed E-state index contributed by atoms with van der Waals surface area (Å²) in [6, 6.07) is 17.8. The Bertz CT molecular complexity index is 953. The molecule has 2 unspecified atom stereocenters. The largest absolute Gasteiger partial charge is 0.389 e. The first-order valence-corrected chi connectivity index (χ1v) is 11.9. The fourth-order valence-electron chi connectivity index (χ4n) is 4.62. The van der Waals surface area contributed by atoms with Crippen molar-refractivity contribution in [2.45, 2.75) is 31.0 Å². The Hall–Kier alpha value is -2.94. The van der Waals surface area contributed by atoms with Crippen LogP contribution < -0.4 is 10.6 Å². The van der Waals surface area contributed by atoms with E-state index in [9.17, 15) is 14.7 Å². The summed E-state index contributed by atoms with van der Waals surface area (Å²) in [5, 5.41) is 16.2. The molecular weight excluding hydrogens is 432 g/mol. The van der Waals surface area contributed by atoms with E-state index in [2.05, 4.69) is 10.6 Å². The lowest BCUT2D eigenvalue weighted by atomic mass is 10.0. The van der Waals surface area contributed by atoms with Crippen molar-refractivity contribution in [3.63, 3.8) is 0 Å². The molecule has 8 heteroatoms. The summed E-state index contributed by atoms with van der Waals surface area (Å²) < 4.78 is 4.94. The Kier molecular flexibility index (Phi) is 8.16. The van der Waals surface area contributed by atoms with Gasteiger partial charge in [0.15, 0.2) is 0 Å². The van der Waals surface area contributed by atoms with E-state index in [-0.39, 0.29) is 24.0 Å². The summed E-state index contributed by atoms with van der Waals surface area (Å²) in [5.41, 5.74) is 2.81. The highest BCUT2D eigenvalue weighted by molar-refractivity contribution is 5.95. The molecule has 2 aliphatic heterocycles. The van der Waals surface area contributed by atoms with E-state index >= 15 is 0 Å². The molecule has 2 aliphatic rings. The van der Waals surface area contributed by atoms with Crippen molar-refractivity contribution < 1.29 is 19.4 Å². The number of rotatable bonds is 8. The molecule has 2 saturated heterocycles. The second-order valence-corrected chi connectivity index (χ2v) is 9.08. The number of benzene rings is 2. The first-order valence-electron chi connectivity index (χ1n) is 11.9. The molecule has 182 valence electrons. The molecule has 0 spiro atoms. The van der Waals surface area contributed by atoms with Crippen LogP contribution in [0.5, 0.6) is 0 Å². The molecule has 8 nitrogen and oxygen atoms in total. The number of carbonyl (C=O) groups excluding carboxylic acids is 2. The average Bonchev–Trinajstić information content (AvgIpc) is 3.53. The molecule has 2 fully saturated rings. The van der Waals surface area contributed by atoms with Crippen molar-refractivity contribution in [3.05, 3.63) is 60.2 Å². The minimum absolute atomic E-state index is 0.0192. The lowest BCUT2D eigenvalue weighted by molar-refractivity contribution is 0.0629. The topological polar surface area (TPSA) is 94.1 Å². The highest BCUT2D eigenvalue weighted by atomic mass is 16.5. The lowest BCUT2D eigenvalue weighted by Crippen LogP contribution is -2.45. The number of hydrogen-bond donors (Lipinski definition) is 3. The van der Waals surface area contributed by atoms with Crippen LogP contribution in [-0.2, 0) is 4.74 Å². The van der Waals surface area contributed by atoms with E-state index in [0.29, 0.717) is 44.9 Å². The second kappa shape index (κ2) is 11.5. The van der Waals surface area contributed by atoms with Gasteiger partial charge in [0.25, 0.3) is 5.91 Å². The summed E-state index contributed by atoms with van der Waals surface area (Å²) in [6.07, 6.45) is 1.06. The highest BCUT2D eigenvalue weighted by Gasteiger charge is 2.33. The molecule has 0 aliphatic carbocycles. The molecule has 3 N–H and O–H groups in total. The first kappa shape index (κ1) is 24.2. The molecule has 3 amide bonds. The maximum atomic E-state index is 12.9. The third kappa shape index (κ3) is 6.14. The number of hydrogen-bond acceptors (Lipinski definition) is 5. The van der Waals surface area contributed by atoms with Gasteiger partial charge >= 0.3 is 6.03 Å². The van der Waals surface area contributed by atoms with Crippen molar-refractivity contribution in [1.29, 1.82) is 0 Å². The zero-order valence-electron chi connectivity index (χ0n) is 19.7. The van der Waals surface area contributed by atoms with Gasteiger partial charge in [-0.2, -0.15) is 0 Å². The molecule has 0 saturated carbocycles. The van der Waals surface area contributed by atoms with E-state index in [1.165, 1.54) is 0 Å². The summed E-state index contributed by atoms with van der Waals surface area (Å²) in [7, 11) is 1.56. The Morgan fingerprint density at radius 1 is 0.971 bits per heavy atom. The standard InChI is InChI=1S/C26H34N4O4/c1-34-18-24(31)15-27-22-11-13-29(16-22)26(33)30-14-12-23(17-30)28-25(32)21-9-7-20(8-10-21)19-5-3-2-4-6-19/h2-10,22-24,27,31H,11-18H2,1H3,(H,28,32)/t22?,23-,24?/m0/s1. The summed E-state index contributed by atoms with van der Waals surface area (Å²) in [5.74, 6) is -0.112. The number of carbonyl (C=O) groups is 2.